The minimum atomic E-state index is -0.840. The Bertz CT molecular complexity index is 512. The lowest BCUT2D eigenvalue weighted by atomic mass is 9.66. The first-order valence-electron chi connectivity index (χ1n) is 6.73. The molecule has 1 amide bonds. The van der Waals surface area contributed by atoms with Crippen LogP contribution in [0.15, 0.2) is 24.3 Å². The largest absolute Gasteiger partial charge is 0.481 e. The summed E-state index contributed by atoms with van der Waals surface area (Å²) in [6.07, 6.45) is 2.69. The van der Waals surface area contributed by atoms with Crippen molar-refractivity contribution in [2.45, 2.75) is 32.1 Å². The summed E-state index contributed by atoms with van der Waals surface area (Å²) < 4.78 is 13.4. The zero-order valence-corrected chi connectivity index (χ0v) is 11.2. The SMILES string of the molecule is O=C(O)CC1(CNC(=O)Cc2ccccc2F)CCC1. The molecule has 1 aromatic rings. The van der Waals surface area contributed by atoms with Gasteiger partial charge in [0.05, 0.1) is 12.8 Å². The fourth-order valence-corrected chi connectivity index (χ4v) is 2.58. The Morgan fingerprint density at radius 1 is 1.30 bits per heavy atom. The van der Waals surface area contributed by atoms with Crippen molar-refractivity contribution in [2.75, 3.05) is 6.54 Å². The van der Waals surface area contributed by atoms with Crippen molar-refractivity contribution >= 4 is 11.9 Å². The van der Waals surface area contributed by atoms with Crippen LogP contribution < -0.4 is 5.32 Å². The number of hydrogen-bond donors (Lipinski definition) is 2. The number of halogens is 1. The van der Waals surface area contributed by atoms with Crippen LogP contribution in [0.5, 0.6) is 0 Å². The first-order valence-corrected chi connectivity index (χ1v) is 6.73. The van der Waals surface area contributed by atoms with Crippen LogP contribution in [0.1, 0.15) is 31.2 Å². The van der Waals surface area contributed by atoms with E-state index in [9.17, 15) is 14.0 Å². The van der Waals surface area contributed by atoms with Crippen LogP contribution in [-0.2, 0) is 16.0 Å². The van der Waals surface area contributed by atoms with Gasteiger partial charge in [0.15, 0.2) is 0 Å². The van der Waals surface area contributed by atoms with Gasteiger partial charge in [-0.2, -0.15) is 0 Å². The highest BCUT2D eigenvalue weighted by Gasteiger charge is 2.39. The number of aliphatic carboxylic acids is 1. The summed E-state index contributed by atoms with van der Waals surface area (Å²) in [7, 11) is 0. The molecule has 2 rings (SSSR count). The average Bonchev–Trinajstić information content (AvgIpc) is 2.35. The number of amides is 1. The molecule has 2 N–H and O–H groups in total. The molecule has 0 spiro atoms. The van der Waals surface area contributed by atoms with Gasteiger partial charge in [0, 0.05) is 6.54 Å². The van der Waals surface area contributed by atoms with Crippen molar-refractivity contribution < 1.29 is 19.1 Å². The molecular formula is C15H18FNO3. The molecule has 0 bridgehead atoms. The molecular weight excluding hydrogens is 261 g/mol. The second-order valence-electron chi connectivity index (χ2n) is 5.47. The van der Waals surface area contributed by atoms with Gasteiger partial charge >= 0.3 is 5.97 Å². The number of hydrogen-bond acceptors (Lipinski definition) is 2. The smallest absolute Gasteiger partial charge is 0.303 e. The molecule has 5 heteroatoms. The molecule has 1 saturated carbocycles. The number of benzene rings is 1. The van der Waals surface area contributed by atoms with E-state index in [2.05, 4.69) is 5.32 Å². The number of nitrogens with one attached hydrogen (secondary N) is 1. The summed E-state index contributed by atoms with van der Waals surface area (Å²) in [5, 5.41) is 11.6. The van der Waals surface area contributed by atoms with E-state index in [0.29, 0.717) is 12.1 Å². The normalized spacial score (nSPS) is 16.2. The average molecular weight is 279 g/mol. The van der Waals surface area contributed by atoms with Crippen molar-refractivity contribution in [2.24, 2.45) is 5.41 Å². The monoisotopic (exact) mass is 279 g/mol. The Balaban J connectivity index is 1.86. The van der Waals surface area contributed by atoms with E-state index in [4.69, 9.17) is 5.11 Å². The highest BCUT2D eigenvalue weighted by Crippen LogP contribution is 2.43. The summed E-state index contributed by atoms with van der Waals surface area (Å²) in [5.41, 5.74) is 0.0439. The lowest BCUT2D eigenvalue weighted by Gasteiger charge is -2.40. The maximum atomic E-state index is 13.4. The molecule has 0 unspecified atom stereocenters. The number of carbonyl (C=O) groups is 2. The van der Waals surface area contributed by atoms with Crippen LogP contribution in [0, 0.1) is 11.2 Å². The Morgan fingerprint density at radius 2 is 2.00 bits per heavy atom. The van der Waals surface area contributed by atoms with Crippen LogP contribution in [0.25, 0.3) is 0 Å². The quantitative estimate of drug-likeness (QED) is 0.838. The number of carboxylic acid groups (broad SMARTS) is 1. The van der Waals surface area contributed by atoms with E-state index < -0.39 is 11.8 Å². The third kappa shape index (κ3) is 3.56. The number of carbonyl (C=O) groups excluding carboxylic acids is 1. The standard InChI is InChI=1S/C15H18FNO3/c16-12-5-2-1-4-11(12)8-13(18)17-10-15(6-3-7-15)9-14(19)20/h1-2,4-5H,3,6-10H2,(H,17,18)(H,19,20). The zero-order chi connectivity index (χ0) is 14.6. The first kappa shape index (κ1) is 14.5. The third-order valence-corrected chi connectivity index (χ3v) is 3.91. The topological polar surface area (TPSA) is 66.4 Å². The first-order chi connectivity index (χ1) is 9.51. The van der Waals surface area contributed by atoms with Gasteiger partial charge < -0.3 is 10.4 Å². The second kappa shape index (κ2) is 6.03. The van der Waals surface area contributed by atoms with Crippen molar-refractivity contribution in [3.05, 3.63) is 35.6 Å². The maximum Gasteiger partial charge on any atom is 0.303 e. The fourth-order valence-electron chi connectivity index (χ4n) is 2.58. The Kier molecular flexibility index (Phi) is 4.37. The molecule has 1 aliphatic rings. The summed E-state index contributed by atoms with van der Waals surface area (Å²) >= 11 is 0. The van der Waals surface area contributed by atoms with Crippen molar-refractivity contribution in [3.63, 3.8) is 0 Å². The van der Waals surface area contributed by atoms with Gasteiger partial charge in [-0.15, -0.1) is 0 Å². The highest BCUT2D eigenvalue weighted by atomic mass is 19.1. The van der Waals surface area contributed by atoms with Crippen LogP contribution >= 0.6 is 0 Å². The number of rotatable bonds is 6. The number of carboxylic acids is 1. The van der Waals surface area contributed by atoms with Gasteiger partial charge in [0.2, 0.25) is 5.91 Å². The minimum Gasteiger partial charge on any atom is -0.481 e. The van der Waals surface area contributed by atoms with Crippen molar-refractivity contribution in [1.29, 1.82) is 0 Å². The van der Waals surface area contributed by atoms with Gasteiger partial charge in [-0.25, -0.2) is 4.39 Å². The third-order valence-electron chi connectivity index (χ3n) is 3.91. The lowest BCUT2D eigenvalue weighted by Crippen LogP contribution is -2.44. The Labute approximate surface area is 117 Å². The molecule has 1 aliphatic carbocycles. The molecule has 0 aromatic heterocycles. The van der Waals surface area contributed by atoms with Gasteiger partial charge in [-0.3, -0.25) is 9.59 Å². The van der Waals surface area contributed by atoms with E-state index in [1.807, 2.05) is 0 Å². The predicted octanol–water partition coefficient (Wildman–Crippen LogP) is 2.13. The Morgan fingerprint density at radius 3 is 2.55 bits per heavy atom. The molecule has 0 heterocycles. The second-order valence-corrected chi connectivity index (χ2v) is 5.47. The molecule has 0 aliphatic heterocycles. The lowest BCUT2D eigenvalue weighted by molar-refractivity contribution is -0.141. The van der Waals surface area contributed by atoms with Crippen molar-refractivity contribution in [1.82, 2.24) is 5.32 Å². The van der Waals surface area contributed by atoms with Gasteiger partial charge in [0.1, 0.15) is 5.82 Å². The van der Waals surface area contributed by atoms with Crippen molar-refractivity contribution in [3.8, 4) is 0 Å². The summed E-state index contributed by atoms with van der Waals surface area (Å²) in [5.74, 6) is -1.51. The van der Waals surface area contributed by atoms with Gasteiger partial charge in [-0.1, -0.05) is 24.6 Å². The molecule has 20 heavy (non-hydrogen) atoms. The van der Waals surface area contributed by atoms with Crippen LogP contribution in [-0.4, -0.2) is 23.5 Å². The van der Waals surface area contributed by atoms with Gasteiger partial charge in [0.25, 0.3) is 0 Å². The highest BCUT2D eigenvalue weighted by molar-refractivity contribution is 5.78. The zero-order valence-electron chi connectivity index (χ0n) is 11.2. The predicted molar refractivity (Wildman–Crippen MR) is 71.7 cm³/mol. The van der Waals surface area contributed by atoms with E-state index in [1.54, 1.807) is 18.2 Å². The maximum absolute atomic E-state index is 13.4. The Hall–Kier alpha value is -1.91. The molecule has 1 fully saturated rings. The summed E-state index contributed by atoms with van der Waals surface area (Å²) in [6.45, 7) is 0.354. The molecule has 108 valence electrons. The van der Waals surface area contributed by atoms with E-state index in [-0.39, 0.29) is 24.2 Å². The van der Waals surface area contributed by atoms with E-state index >= 15 is 0 Å². The van der Waals surface area contributed by atoms with Crippen LogP contribution in [0.4, 0.5) is 4.39 Å². The van der Waals surface area contributed by atoms with E-state index in [1.165, 1.54) is 6.07 Å². The molecule has 0 radical (unpaired) electrons. The van der Waals surface area contributed by atoms with Gasteiger partial charge in [-0.05, 0) is 29.9 Å². The molecule has 0 saturated heterocycles. The molecule has 0 atom stereocenters. The summed E-state index contributed by atoms with van der Waals surface area (Å²) in [4.78, 5) is 22.6. The molecule has 4 nitrogen and oxygen atoms in total. The van der Waals surface area contributed by atoms with Crippen LogP contribution in [0.3, 0.4) is 0 Å². The fraction of sp³-hybridized carbons (Fsp3) is 0.467. The van der Waals surface area contributed by atoms with E-state index in [0.717, 1.165) is 19.3 Å². The minimum absolute atomic E-state index is 0.0180. The molecule has 1 aromatic carbocycles. The van der Waals surface area contributed by atoms with Crippen LogP contribution in [0.2, 0.25) is 0 Å². The summed E-state index contributed by atoms with van der Waals surface area (Å²) in [6, 6.07) is 6.15.